The van der Waals surface area contributed by atoms with E-state index >= 15 is 0 Å². The molecule has 0 bridgehead atoms. The Morgan fingerprint density at radius 2 is 1.76 bits per heavy atom. The van der Waals surface area contributed by atoms with Crippen LogP contribution in [0.3, 0.4) is 0 Å². The number of para-hydroxylation sites is 1. The number of anilines is 1. The molecular formula is C19H12FN5. The third kappa shape index (κ3) is 3.10. The van der Waals surface area contributed by atoms with Gasteiger partial charge in [-0.3, -0.25) is 0 Å². The van der Waals surface area contributed by atoms with Crippen LogP contribution in [0.2, 0.25) is 0 Å². The highest BCUT2D eigenvalue weighted by Crippen LogP contribution is 2.26. The zero-order valence-corrected chi connectivity index (χ0v) is 13.0. The molecule has 0 fully saturated rings. The molecule has 0 aliphatic rings. The topological polar surface area (TPSA) is 91.4 Å². The average Bonchev–Trinajstić information content (AvgIpc) is 2.98. The molecule has 0 atom stereocenters. The molecule has 1 heterocycles. The number of nitrogens with zero attached hydrogens (tertiary/aromatic N) is 4. The Bertz CT molecular complexity index is 1020. The van der Waals surface area contributed by atoms with E-state index in [2.05, 4.69) is 5.10 Å². The molecule has 0 saturated heterocycles. The van der Waals surface area contributed by atoms with Gasteiger partial charge in [0.05, 0.1) is 11.3 Å². The summed E-state index contributed by atoms with van der Waals surface area (Å²) in [6.07, 6.45) is 1.54. The Labute approximate surface area is 143 Å². The molecule has 120 valence electrons. The van der Waals surface area contributed by atoms with Gasteiger partial charge < -0.3 is 5.73 Å². The number of nitrogens with two attached hydrogens (primary N) is 1. The molecule has 3 aromatic rings. The maximum absolute atomic E-state index is 13.0. The van der Waals surface area contributed by atoms with Crippen molar-refractivity contribution < 1.29 is 4.39 Å². The summed E-state index contributed by atoms with van der Waals surface area (Å²) in [7, 11) is 0. The van der Waals surface area contributed by atoms with Gasteiger partial charge in [-0.15, -0.1) is 0 Å². The highest BCUT2D eigenvalue weighted by atomic mass is 19.1. The van der Waals surface area contributed by atoms with Crippen LogP contribution in [0.1, 0.15) is 16.8 Å². The summed E-state index contributed by atoms with van der Waals surface area (Å²) in [5.41, 5.74) is 7.83. The molecular weight excluding hydrogens is 317 g/mol. The fourth-order valence-electron chi connectivity index (χ4n) is 2.38. The minimum atomic E-state index is -0.369. The Kier molecular flexibility index (Phi) is 4.28. The van der Waals surface area contributed by atoms with E-state index in [0.717, 1.165) is 0 Å². The third-order valence-electron chi connectivity index (χ3n) is 3.59. The highest BCUT2D eigenvalue weighted by molar-refractivity contribution is 5.91. The second-order valence-electron chi connectivity index (χ2n) is 5.19. The van der Waals surface area contributed by atoms with E-state index in [1.807, 2.05) is 30.3 Å². The molecule has 0 unspecified atom stereocenters. The average molecular weight is 329 g/mol. The van der Waals surface area contributed by atoms with E-state index < -0.39 is 0 Å². The van der Waals surface area contributed by atoms with Crippen molar-refractivity contribution in [3.8, 4) is 17.8 Å². The molecule has 0 amide bonds. The maximum Gasteiger partial charge on any atom is 0.145 e. The predicted octanol–water partition coefficient (Wildman–Crippen LogP) is 3.53. The number of hydrogen-bond acceptors (Lipinski definition) is 4. The lowest BCUT2D eigenvalue weighted by Gasteiger charge is -2.02. The van der Waals surface area contributed by atoms with Gasteiger partial charge in [-0.2, -0.15) is 15.6 Å². The fraction of sp³-hybridized carbons (Fsp3) is 0. The van der Waals surface area contributed by atoms with Crippen molar-refractivity contribution >= 4 is 17.5 Å². The van der Waals surface area contributed by atoms with Crippen LogP contribution in [0.25, 0.3) is 17.3 Å². The number of aromatic nitrogens is 2. The lowest BCUT2D eigenvalue weighted by Crippen LogP contribution is -2.02. The van der Waals surface area contributed by atoms with Crippen molar-refractivity contribution in [3.05, 3.63) is 77.2 Å². The summed E-state index contributed by atoms with van der Waals surface area (Å²) in [5.74, 6) is -0.213. The van der Waals surface area contributed by atoms with Crippen LogP contribution in [0.4, 0.5) is 10.2 Å². The van der Waals surface area contributed by atoms with E-state index in [4.69, 9.17) is 5.73 Å². The zero-order valence-electron chi connectivity index (χ0n) is 13.0. The van der Waals surface area contributed by atoms with Crippen molar-refractivity contribution in [2.24, 2.45) is 0 Å². The SMILES string of the molecule is N#CC(=Cc1ccc(F)cc1)c1nn(-c2ccccc2)c(N)c1C#N. The van der Waals surface area contributed by atoms with Gasteiger partial charge in [0, 0.05) is 0 Å². The van der Waals surface area contributed by atoms with Gasteiger partial charge in [-0.25, -0.2) is 9.07 Å². The first-order chi connectivity index (χ1) is 12.1. The number of hydrogen-bond donors (Lipinski definition) is 1. The fourth-order valence-corrected chi connectivity index (χ4v) is 2.38. The molecule has 0 spiro atoms. The summed E-state index contributed by atoms with van der Waals surface area (Å²) in [5, 5.41) is 23.3. The molecule has 25 heavy (non-hydrogen) atoms. The van der Waals surface area contributed by atoms with E-state index in [9.17, 15) is 14.9 Å². The number of rotatable bonds is 3. The van der Waals surface area contributed by atoms with E-state index in [1.165, 1.54) is 35.0 Å². The van der Waals surface area contributed by atoms with Gasteiger partial charge in [0.1, 0.15) is 35.0 Å². The second-order valence-corrected chi connectivity index (χ2v) is 5.19. The summed E-state index contributed by atoms with van der Waals surface area (Å²) >= 11 is 0. The number of nitrogen functional groups attached to an aromatic ring is 1. The van der Waals surface area contributed by atoms with Gasteiger partial charge in [0.25, 0.3) is 0 Å². The van der Waals surface area contributed by atoms with Crippen molar-refractivity contribution in [3.63, 3.8) is 0 Å². The van der Waals surface area contributed by atoms with Crippen LogP contribution in [-0.4, -0.2) is 9.78 Å². The van der Waals surface area contributed by atoms with Crippen LogP contribution in [-0.2, 0) is 0 Å². The van der Waals surface area contributed by atoms with Gasteiger partial charge >= 0.3 is 0 Å². The van der Waals surface area contributed by atoms with Crippen molar-refractivity contribution in [1.82, 2.24) is 9.78 Å². The van der Waals surface area contributed by atoms with E-state index in [1.54, 1.807) is 12.1 Å². The molecule has 0 aliphatic carbocycles. The Hall–Kier alpha value is -3.90. The largest absolute Gasteiger partial charge is 0.382 e. The molecule has 6 heteroatoms. The van der Waals surface area contributed by atoms with Crippen molar-refractivity contribution in [2.75, 3.05) is 5.73 Å². The maximum atomic E-state index is 13.0. The van der Waals surface area contributed by atoms with Gasteiger partial charge in [0.15, 0.2) is 0 Å². The summed E-state index contributed by atoms with van der Waals surface area (Å²) in [4.78, 5) is 0. The Morgan fingerprint density at radius 1 is 1.08 bits per heavy atom. The molecule has 0 aliphatic heterocycles. The molecule has 2 N–H and O–H groups in total. The predicted molar refractivity (Wildman–Crippen MR) is 92.6 cm³/mol. The minimum absolute atomic E-state index is 0.124. The van der Waals surface area contributed by atoms with Gasteiger partial charge in [-0.05, 0) is 35.9 Å². The van der Waals surface area contributed by atoms with Gasteiger partial charge in [-0.1, -0.05) is 30.3 Å². The smallest absolute Gasteiger partial charge is 0.145 e. The number of benzene rings is 2. The lowest BCUT2D eigenvalue weighted by molar-refractivity contribution is 0.628. The van der Waals surface area contributed by atoms with Gasteiger partial charge in [0.2, 0.25) is 0 Å². The van der Waals surface area contributed by atoms with E-state index in [0.29, 0.717) is 11.3 Å². The number of nitriles is 2. The monoisotopic (exact) mass is 329 g/mol. The number of halogens is 1. The normalized spacial score (nSPS) is 10.9. The lowest BCUT2D eigenvalue weighted by atomic mass is 10.1. The molecule has 0 saturated carbocycles. The minimum Gasteiger partial charge on any atom is -0.382 e. The van der Waals surface area contributed by atoms with Crippen LogP contribution in [0.5, 0.6) is 0 Å². The standard InChI is InChI=1S/C19H12FN5/c20-15-8-6-13(7-9-15)10-14(11-21)18-17(12-22)19(23)25(24-18)16-4-2-1-3-5-16/h1-10H,23H2. The van der Waals surface area contributed by atoms with Crippen LogP contribution in [0, 0.1) is 28.5 Å². The summed E-state index contributed by atoms with van der Waals surface area (Å²) in [6, 6.07) is 18.8. The summed E-state index contributed by atoms with van der Waals surface area (Å²) < 4.78 is 14.5. The number of allylic oxidation sites excluding steroid dienone is 1. The van der Waals surface area contributed by atoms with E-state index in [-0.39, 0.29) is 28.5 Å². The first-order valence-electron chi connectivity index (χ1n) is 7.36. The van der Waals surface area contributed by atoms with Crippen LogP contribution in [0.15, 0.2) is 54.6 Å². The molecule has 2 aromatic carbocycles. The molecule has 5 nitrogen and oxygen atoms in total. The first-order valence-corrected chi connectivity index (χ1v) is 7.36. The van der Waals surface area contributed by atoms with Crippen molar-refractivity contribution in [1.29, 1.82) is 10.5 Å². The zero-order chi connectivity index (χ0) is 17.8. The molecule has 0 radical (unpaired) electrons. The summed E-state index contributed by atoms with van der Waals surface area (Å²) in [6.45, 7) is 0. The second kappa shape index (κ2) is 6.69. The highest BCUT2D eigenvalue weighted by Gasteiger charge is 2.19. The quantitative estimate of drug-likeness (QED) is 0.744. The first kappa shape index (κ1) is 16.0. The Morgan fingerprint density at radius 3 is 2.36 bits per heavy atom. The van der Waals surface area contributed by atoms with Crippen LogP contribution >= 0.6 is 0 Å². The third-order valence-corrected chi connectivity index (χ3v) is 3.59. The van der Waals surface area contributed by atoms with Crippen LogP contribution < -0.4 is 5.73 Å². The molecule has 1 aromatic heterocycles. The van der Waals surface area contributed by atoms with Crippen molar-refractivity contribution in [2.45, 2.75) is 0 Å². The Balaban J connectivity index is 2.14. The molecule has 3 rings (SSSR count).